The Kier molecular flexibility index (Phi) is 6.32. The molecule has 2 aromatic carbocycles. The van der Waals surface area contributed by atoms with Crippen LogP contribution in [0.25, 0.3) is 0 Å². The van der Waals surface area contributed by atoms with Gasteiger partial charge in [0.1, 0.15) is 0 Å². The molecule has 3 N–H and O–H groups in total. The van der Waals surface area contributed by atoms with Crippen LogP contribution in [0.1, 0.15) is 29.8 Å². The van der Waals surface area contributed by atoms with Gasteiger partial charge >= 0.3 is 0 Å². The molecule has 7 nitrogen and oxygen atoms in total. The first kappa shape index (κ1) is 19.0. The Hall–Kier alpha value is -3.35. The second-order valence-electron chi connectivity index (χ2n) is 5.85. The molecule has 2 aromatic rings. The summed E-state index contributed by atoms with van der Waals surface area (Å²) in [4.78, 5) is 23.7. The van der Waals surface area contributed by atoms with Gasteiger partial charge in [0, 0.05) is 17.2 Å². The second-order valence-corrected chi connectivity index (χ2v) is 5.85. The van der Waals surface area contributed by atoms with E-state index in [0.717, 1.165) is 0 Å². The topological polar surface area (TPSA) is 100 Å². The minimum atomic E-state index is -0.381. The molecular weight excluding hydrogens is 334 g/mol. The van der Waals surface area contributed by atoms with Crippen molar-refractivity contribution in [2.24, 2.45) is 11.0 Å². The summed E-state index contributed by atoms with van der Waals surface area (Å²) >= 11 is 0. The zero-order chi connectivity index (χ0) is 19.1. The van der Waals surface area contributed by atoms with E-state index in [4.69, 9.17) is 4.74 Å². The molecule has 0 aliphatic carbocycles. The monoisotopic (exact) mass is 355 g/mol. The molecule has 0 saturated carbocycles. The highest BCUT2D eigenvalue weighted by Crippen LogP contribution is 2.25. The zero-order valence-electron chi connectivity index (χ0n) is 14.8. The zero-order valence-corrected chi connectivity index (χ0v) is 14.8. The van der Waals surface area contributed by atoms with Crippen molar-refractivity contribution in [2.75, 3.05) is 12.4 Å². The van der Waals surface area contributed by atoms with Crippen molar-refractivity contribution in [2.45, 2.75) is 13.8 Å². The number of amides is 2. The van der Waals surface area contributed by atoms with Gasteiger partial charge in [0.25, 0.3) is 5.91 Å². The summed E-state index contributed by atoms with van der Waals surface area (Å²) in [6, 6.07) is 11.2. The van der Waals surface area contributed by atoms with E-state index in [-0.39, 0.29) is 23.5 Å². The summed E-state index contributed by atoms with van der Waals surface area (Å²) in [6.45, 7) is 3.61. The van der Waals surface area contributed by atoms with Gasteiger partial charge in [-0.1, -0.05) is 13.8 Å². The predicted octanol–water partition coefficient (Wildman–Crippen LogP) is 2.76. The molecule has 0 saturated heterocycles. The standard InChI is InChI=1S/C19H21N3O4/c1-12(2)18(24)21-15-7-5-14(6-8-15)19(25)22-20-11-13-4-9-16(23)17(10-13)26-3/h4-12,23H,1-3H3,(H,21,24)(H,22,25). The maximum atomic E-state index is 12.1. The molecule has 136 valence electrons. The molecule has 0 heterocycles. The Balaban J connectivity index is 1.96. The Labute approximate surface area is 151 Å². The summed E-state index contributed by atoms with van der Waals surface area (Å²) in [5.74, 6) is -0.242. The lowest BCUT2D eigenvalue weighted by Crippen LogP contribution is -2.19. The van der Waals surface area contributed by atoms with Crippen LogP contribution in [0, 0.1) is 5.92 Å². The molecule has 2 rings (SSSR count). The fourth-order valence-corrected chi connectivity index (χ4v) is 2.00. The van der Waals surface area contributed by atoms with E-state index >= 15 is 0 Å². The lowest BCUT2D eigenvalue weighted by Gasteiger charge is -2.08. The van der Waals surface area contributed by atoms with Gasteiger partial charge in [0.2, 0.25) is 5.91 Å². The van der Waals surface area contributed by atoms with E-state index < -0.39 is 0 Å². The highest BCUT2D eigenvalue weighted by atomic mass is 16.5. The SMILES string of the molecule is COc1cc(C=NNC(=O)c2ccc(NC(=O)C(C)C)cc2)ccc1O. The van der Waals surface area contributed by atoms with Crippen LogP contribution in [0.15, 0.2) is 47.6 Å². The molecule has 0 radical (unpaired) electrons. The Bertz CT molecular complexity index is 814. The Morgan fingerprint density at radius 2 is 1.85 bits per heavy atom. The fourth-order valence-electron chi connectivity index (χ4n) is 2.00. The first-order valence-electron chi connectivity index (χ1n) is 8.02. The molecule has 0 aliphatic rings. The number of anilines is 1. The normalized spacial score (nSPS) is 10.8. The van der Waals surface area contributed by atoms with Crippen molar-refractivity contribution in [3.8, 4) is 11.5 Å². The number of nitrogens with zero attached hydrogens (tertiary/aromatic N) is 1. The molecule has 0 aliphatic heterocycles. The van der Waals surface area contributed by atoms with Gasteiger partial charge < -0.3 is 15.2 Å². The number of hydrogen-bond donors (Lipinski definition) is 3. The van der Waals surface area contributed by atoms with Gasteiger partial charge in [-0.2, -0.15) is 5.10 Å². The molecular formula is C19H21N3O4. The minimum Gasteiger partial charge on any atom is -0.504 e. The molecule has 0 atom stereocenters. The van der Waals surface area contributed by atoms with E-state index in [1.165, 1.54) is 19.4 Å². The summed E-state index contributed by atoms with van der Waals surface area (Å²) in [7, 11) is 1.45. The number of rotatable bonds is 6. The number of benzene rings is 2. The Morgan fingerprint density at radius 1 is 1.15 bits per heavy atom. The highest BCUT2D eigenvalue weighted by molar-refractivity contribution is 5.96. The number of phenols is 1. The van der Waals surface area contributed by atoms with E-state index in [2.05, 4.69) is 15.8 Å². The number of carbonyl (C=O) groups excluding carboxylic acids is 2. The first-order valence-corrected chi connectivity index (χ1v) is 8.02. The highest BCUT2D eigenvalue weighted by Gasteiger charge is 2.08. The predicted molar refractivity (Wildman–Crippen MR) is 99.6 cm³/mol. The third-order valence-electron chi connectivity index (χ3n) is 3.52. The maximum absolute atomic E-state index is 12.1. The summed E-state index contributed by atoms with van der Waals surface area (Å²) < 4.78 is 5.01. The van der Waals surface area contributed by atoms with Crippen molar-refractivity contribution < 1.29 is 19.4 Å². The number of hydrogen-bond acceptors (Lipinski definition) is 5. The average Bonchev–Trinajstić information content (AvgIpc) is 2.63. The lowest BCUT2D eigenvalue weighted by atomic mass is 10.1. The van der Waals surface area contributed by atoms with Crippen LogP contribution in [0.2, 0.25) is 0 Å². The van der Waals surface area contributed by atoms with E-state index in [1.807, 2.05) is 0 Å². The van der Waals surface area contributed by atoms with E-state index in [1.54, 1.807) is 50.2 Å². The van der Waals surface area contributed by atoms with Gasteiger partial charge in [0.05, 0.1) is 13.3 Å². The van der Waals surface area contributed by atoms with Crippen LogP contribution < -0.4 is 15.5 Å². The van der Waals surface area contributed by atoms with E-state index in [0.29, 0.717) is 22.6 Å². The quantitative estimate of drug-likeness (QED) is 0.548. The summed E-state index contributed by atoms with van der Waals surface area (Å²) in [6.07, 6.45) is 1.44. The number of methoxy groups -OCH3 is 1. The van der Waals surface area contributed by atoms with Crippen molar-refractivity contribution in [3.05, 3.63) is 53.6 Å². The van der Waals surface area contributed by atoms with Crippen LogP contribution in [0.4, 0.5) is 5.69 Å². The maximum Gasteiger partial charge on any atom is 0.271 e. The first-order chi connectivity index (χ1) is 12.4. The molecule has 0 bridgehead atoms. The molecule has 2 amide bonds. The lowest BCUT2D eigenvalue weighted by molar-refractivity contribution is -0.118. The van der Waals surface area contributed by atoms with Crippen molar-refractivity contribution in [3.63, 3.8) is 0 Å². The van der Waals surface area contributed by atoms with Crippen LogP contribution in [0.5, 0.6) is 11.5 Å². The number of nitrogens with one attached hydrogen (secondary N) is 2. The Morgan fingerprint density at radius 3 is 2.46 bits per heavy atom. The van der Waals surface area contributed by atoms with Gasteiger partial charge in [-0.15, -0.1) is 0 Å². The van der Waals surface area contributed by atoms with Crippen LogP contribution in [-0.4, -0.2) is 30.2 Å². The number of phenolic OH excluding ortho intramolecular Hbond substituents is 1. The third kappa shape index (κ3) is 5.07. The van der Waals surface area contributed by atoms with Gasteiger partial charge in [-0.25, -0.2) is 5.43 Å². The number of ether oxygens (including phenoxy) is 1. The summed E-state index contributed by atoms with van der Waals surface area (Å²) in [5, 5.41) is 16.2. The van der Waals surface area contributed by atoms with Gasteiger partial charge in [0.15, 0.2) is 11.5 Å². The minimum absolute atomic E-state index is 0.0262. The van der Waals surface area contributed by atoms with Crippen molar-refractivity contribution >= 4 is 23.7 Å². The van der Waals surface area contributed by atoms with Crippen molar-refractivity contribution in [1.82, 2.24) is 5.43 Å². The smallest absolute Gasteiger partial charge is 0.271 e. The second kappa shape index (κ2) is 8.66. The fraction of sp³-hybridized carbons (Fsp3) is 0.211. The number of carbonyl (C=O) groups is 2. The largest absolute Gasteiger partial charge is 0.504 e. The molecule has 0 spiro atoms. The van der Waals surface area contributed by atoms with Crippen molar-refractivity contribution in [1.29, 1.82) is 0 Å². The van der Waals surface area contributed by atoms with Crippen LogP contribution >= 0.6 is 0 Å². The van der Waals surface area contributed by atoms with Crippen LogP contribution in [0.3, 0.4) is 0 Å². The summed E-state index contributed by atoms with van der Waals surface area (Å²) in [5.41, 5.74) is 4.11. The molecule has 26 heavy (non-hydrogen) atoms. The van der Waals surface area contributed by atoms with Gasteiger partial charge in [-0.05, 0) is 48.0 Å². The molecule has 0 fully saturated rings. The number of aromatic hydroxyl groups is 1. The molecule has 0 aromatic heterocycles. The third-order valence-corrected chi connectivity index (χ3v) is 3.52. The average molecular weight is 355 g/mol. The molecule has 7 heteroatoms. The van der Waals surface area contributed by atoms with Crippen LogP contribution in [-0.2, 0) is 4.79 Å². The molecule has 0 unspecified atom stereocenters. The number of hydrazone groups is 1. The van der Waals surface area contributed by atoms with Gasteiger partial charge in [-0.3, -0.25) is 9.59 Å². The van der Waals surface area contributed by atoms with E-state index in [9.17, 15) is 14.7 Å².